The molecule has 2 aromatic heterocycles. The van der Waals surface area contributed by atoms with Crippen LogP contribution in [0.1, 0.15) is 15.4 Å². The highest BCUT2D eigenvalue weighted by atomic mass is 32.1. The van der Waals surface area contributed by atoms with Crippen LogP contribution in [0.15, 0.2) is 54.3 Å². The molecule has 0 bridgehead atoms. The first-order valence-electron chi connectivity index (χ1n) is 5.84. The first-order chi connectivity index (χ1) is 9.33. The van der Waals surface area contributed by atoms with Gasteiger partial charge in [-0.3, -0.25) is 4.79 Å². The fraction of sp³-hybridized carbons (Fsp3) is 0.0714. The van der Waals surface area contributed by atoms with E-state index >= 15 is 0 Å². The minimum absolute atomic E-state index is 0.0390. The van der Waals surface area contributed by atoms with Gasteiger partial charge in [0.05, 0.1) is 23.9 Å². The molecular formula is C14H11N3OS. The van der Waals surface area contributed by atoms with E-state index in [-0.39, 0.29) is 5.78 Å². The van der Waals surface area contributed by atoms with Gasteiger partial charge in [-0.15, -0.1) is 11.3 Å². The van der Waals surface area contributed by atoms with Crippen LogP contribution in [0.5, 0.6) is 0 Å². The lowest BCUT2D eigenvalue weighted by Gasteiger charge is -1.98. The van der Waals surface area contributed by atoms with Crippen molar-refractivity contribution >= 4 is 17.1 Å². The second-order valence-electron chi connectivity index (χ2n) is 4.03. The topological polar surface area (TPSA) is 47.8 Å². The summed E-state index contributed by atoms with van der Waals surface area (Å²) in [7, 11) is 0. The molecule has 0 unspecified atom stereocenters. The molecule has 0 amide bonds. The average molecular weight is 269 g/mol. The molecule has 94 valence electrons. The minimum atomic E-state index is 0.0390. The van der Waals surface area contributed by atoms with E-state index in [9.17, 15) is 4.79 Å². The maximum atomic E-state index is 12.1. The highest BCUT2D eigenvalue weighted by Crippen LogP contribution is 2.12. The highest BCUT2D eigenvalue weighted by molar-refractivity contribution is 7.09. The number of rotatable bonds is 4. The normalized spacial score (nSPS) is 10.5. The Balaban J connectivity index is 1.80. The van der Waals surface area contributed by atoms with Gasteiger partial charge in [-0.25, -0.2) is 9.67 Å². The Kier molecular flexibility index (Phi) is 3.20. The third-order valence-electron chi connectivity index (χ3n) is 2.72. The first kappa shape index (κ1) is 11.8. The van der Waals surface area contributed by atoms with Gasteiger partial charge in [0, 0.05) is 17.8 Å². The summed E-state index contributed by atoms with van der Waals surface area (Å²) in [6, 6.07) is 9.72. The van der Waals surface area contributed by atoms with Crippen LogP contribution in [0.2, 0.25) is 0 Å². The van der Waals surface area contributed by atoms with Crippen molar-refractivity contribution in [3.05, 3.63) is 64.9 Å². The summed E-state index contributed by atoms with van der Waals surface area (Å²) in [5, 5.41) is 6.92. The van der Waals surface area contributed by atoms with E-state index in [0.717, 1.165) is 10.7 Å². The number of ketones is 1. The third kappa shape index (κ3) is 2.61. The van der Waals surface area contributed by atoms with Crippen LogP contribution in [0.25, 0.3) is 5.69 Å². The third-order valence-corrected chi connectivity index (χ3v) is 3.50. The molecular weight excluding hydrogens is 258 g/mol. The van der Waals surface area contributed by atoms with Gasteiger partial charge >= 0.3 is 0 Å². The molecule has 0 fully saturated rings. The molecule has 2 heterocycles. The van der Waals surface area contributed by atoms with E-state index in [1.165, 1.54) is 11.3 Å². The lowest BCUT2D eigenvalue weighted by molar-refractivity contribution is 0.0993. The van der Waals surface area contributed by atoms with Gasteiger partial charge in [0.25, 0.3) is 0 Å². The van der Waals surface area contributed by atoms with E-state index in [2.05, 4.69) is 10.1 Å². The number of benzene rings is 1. The Hall–Kier alpha value is -2.27. The summed E-state index contributed by atoms with van der Waals surface area (Å²) in [5.41, 5.74) is 1.55. The van der Waals surface area contributed by atoms with Gasteiger partial charge in [-0.2, -0.15) is 5.10 Å². The summed E-state index contributed by atoms with van der Waals surface area (Å²) >= 11 is 1.49. The van der Waals surface area contributed by atoms with Crippen molar-refractivity contribution in [3.63, 3.8) is 0 Å². The Morgan fingerprint density at radius 1 is 1.26 bits per heavy atom. The molecule has 0 N–H and O–H groups in total. The number of hydrogen-bond acceptors (Lipinski definition) is 4. The van der Waals surface area contributed by atoms with Crippen molar-refractivity contribution in [2.24, 2.45) is 0 Å². The fourth-order valence-electron chi connectivity index (χ4n) is 1.77. The smallest absolute Gasteiger partial charge is 0.172 e. The zero-order chi connectivity index (χ0) is 13.1. The largest absolute Gasteiger partial charge is 0.294 e. The molecule has 0 aliphatic rings. The molecule has 0 aliphatic heterocycles. The average Bonchev–Trinajstić information content (AvgIpc) is 3.10. The summed E-state index contributed by atoms with van der Waals surface area (Å²) in [4.78, 5) is 16.2. The second-order valence-corrected chi connectivity index (χ2v) is 5.01. The lowest BCUT2D eigenvalue weighted by atomic mass is 10.2. The molecule has 19 heavy (non-hydrogen) atoms. The number of para-hydroxylation sites is 1. The molecule has 5 heteroatoms. The number of carbonyl (C=O) groups is 1. The molecule has 0 spiro atoms. The summed E-state index contributed by atoms with van der Waals surface area (Å²) in [5.74, 6) is 0.0390. The monoisotopic (exact) mass is 269 g/mol. The van der Waals surface area contributed by atoms with Crippen molar-refractivity contribution in [2.45, 2.75) is 6.42 Å². The molecule has 0 saturated heterocycles. The zero-order valence-electron chi connectivity index (χ0n) is 10.1. The number of aromatic nitrogens is 3. The summed E-state index contributed by atoms with van der Waals surface area (Å²) in [6.45, 7) is 0. The quantitative estimate of drug-likeness (QED) is 0.684. The predicted molar refractivity (Wildman–Crippen MR) is 73.7 cm³/mol. The molecule has 0 aliphatic carbocycles. The maximum absolute atomic E-state index is 12.1. The van der Waals surface area contributed by atoms with Crippen molar-refractivity contribution < 1.29 is 4.79 Å². The lowest BCUT2D eigenvalue weighted by Crippen LogP contribution is -2.02. The zero-order valence-corrected chi connectivity index (χ0v) is 10.9. The minimum Gasteiger partial charge on any atom is -0.294 e. The standard InChI is InChI=1S/C14H11N3OS/c18-13(8-14-15-6-7-19-14)11-9-16-17(10-11)12-4-2-1-3-5-12/h1-7,9-10H,8H2. The van der Waals surface area contributed by atoms with Crippen LogP contribution in [0, 0.1) is 0 Å². The van der Waals surface area contributed by atoms with Gasteiger partial charge in [0.15, 0.2) is 5.78 Å². The van der Waals surface area contributed by atoms with Crippen LogP contribution in [0.3, 0.4) is 0 Å². The number of nitrogens with zero attached hydrogens (tertiary/aromatic N) is 3. The van der Waals surface area contributed by atoms with Gasteiger partial charge in [0.2, 0.25) is 0 Å². The second kappa shape index (κ2) is 5.16. The molecule has 1 aromatic carbocycles. The van der Waals surface area contributed by atoms with Crippen LogP contribution in [-0.2, 0) is 6.42 Å². The molecule has 3 aromatic rings. The molecule has 0 saturated carbocycles. The van der Waals surface area contributed by atoms with Gasteiger partial charge in [-0.05, 0) is 12.1 Å². The highest BCUT2D eigenvalue weighted by Gasteiger charge is 2.11. The van der Waals surface area contributed by atoms with Gasteiger partial charge in [0.1, 0.15) is 5.01 Å². The van der Waals surface area contributed by atoms with E-state index in [1.54, 1.807) is 23.3 Å². The van der Waals surface area contributed by atoms with Crippen LogP contribution >= 0.6 is 11.3 Å². The number of carbonyl (C=O) groups excluding carboxylic acids is 1. The number of hydrogen-bond donors (Lipinski definition) is 0. The Bertz CT molecular complexity index is 674. The number of thiazole rings is 1. The van der Waals surface area contributed by atoms with Crippen molar-refractivity contribution in [2.75, 3.05) is 0 Å². The molecule has 4 nitrogen and oxygen atoms in total. The SMILES string of the molecule is O=C(Cc1nccs1)c1cnn(-c2ccccc2)c1. The van der Waals surface area contributed by atoms with E-state index in [1.807, 2.05) is 35.7 Å². The molecule has 0 atom stereocenters. The first-order valence-corrected chi connectivity index (χ1v) is 6.72. The number of Topliss-reactive ketones (excluding diaryl/α,β-unsaturated/α-hetero) is 1. The maximum Gasteiger partial charge on any atom is 0.172 e. The molecule has 3 rings (SSSR count). The van der Waals surface area contributed by atoms with E-state index in [4.69, 9.17) is 0 Å². The van der Waals surface area contributed by atoms with Crippen LogP contribution < -0.4 is 0 Å². The van der Waals surface area contributed by atoms with Gasteiger partial charge in [-0.1, -0.05) is 18.2 Å². The predicted octanol–water partition coefficient (Wildman–Crippen LogP) is 2.75. The van der Waals surface area contributed by atoms with Crippen molar-refractivity contribution in [1.29, 1.82) is 0 Å². The van der Waals surface area contributed by atoms with Crippen molar-refractivity contribution in [3.8, 4) is 5.69 Å². The summed E-state index contributed by atoms with van der Waals surface area (Å²) < 4.78 is 1.70. The van der Waals surface area contributed by atoms with E-state index in [0.29, 0.717) is 12.0 Å². The summed E-state index contributed by atoms with van der Waals surface area (Å²) in [6.07, 6.45) is 5.40. The van der Waals surface area contributed by atoms with Crippen molar-refractivity contribution in [1.82, 2.24) is 14.8 Å². The molecule has 0 radical (unpaired) electrons. The Morgan fingerprint density at radius 3 is 2.84 bits per heavy atom. The van der Waals surface area contributed by atoms with Crippen LogP contribution in [-0.4, -0.2) is 20.5 Å². The Morgan fingerprint density at radius 2 is 2.11 bits per heavy atom. The fourth-order valence-corrected chi connectivity index (χ4v) is 2.38. The van der Waals surface area contributed by atoms with Gasteiger partial charge < -0.3 is 0 Å². The Labute approximate surface area is 114 Å². The van der Waals surface area contributed by atoms with Crippen LogP contribution in [0.4, 0.5) is 0 Å². The van der Waals surface area contributed by atoms with E-state index < -0.39 is 0 Å².